The lowest BCUT2D eigenvalue weighted by Crippen LogP contribution is -2.29. The van der Waals surface area contributed by atoms with Crippen molar-refractivity contribution in [3.63, 3.8) is 0 Å². The molecule has 20 heavy (non-hydrogen) atoms. The molecule has 108 valence electrons. The Morgan fingerprint density at radius 3 is 2.40 bits per heavy atom. The van der Waals surface area contributed by atoms with Crippen molar-refractivity contribution in [2.24, 2.45) is 0 Å². The number of nitrogens with one attached hydrogen (secondary N) is 2. The number of hydrogen-bond donors (Lipinski definition) is 2. The maximum Gasteiger partial charge on any atom is 0.241 e. The highest BCUT2D eigenvalue weighted by atomic mass is 32.2. The third kappa shape index (κ3) is 2.83. The summed E-state index contributed by atoms with van der Waals surface area (Å²) in [5.41, 5.74) is 0.686. The van der Waals surface area contributed by atoms with Crippen molar-refractivity contribution in [2.45, 2.75) is 31.7 Å². The standard InChI is InChI=1S/C11H14FN5O2S/c1-6-4-9(12)5-7(2)10(6)20(18,19)15-8(3)11-13-16-17-14-11/h4-5,8,15H,1-3H3,(H,13,14,16,17). The van der Waals surface area contributed by atoms with Crippen LogP contribution in [0.15, 0.2) is 17.0 Å². The van der Waals surface area contributed by atoms with Gasteiger partial charge in [0.25, 0.3) is 0 Å². The number of H-pyrrole nitrogens is 1. The summed E-state index contributed by atoms with van der Waals surface area (Å²) in [6, 6.07) is 1.71. The molecule has 0 saturated heterocycles. The SMILES string of the molecule is Cc1cc(F)cc(C)c1S(=O)(=O)NC(C)c1nn[nH]n1. The molecule has 2 aromatic rings. The molecule has 0 spiro atoms. The summed E-state index contributed by atoms with van der Waals surface area (Å²) in [7, 11) is -3.80. The van der Waals surface area contributed by atoms with Gasteiger partial charge in [-0.15, -0.1) is 10.2 Å². The van der Waals surface area contributed by atoms with E-state index in [9.17, 15) is 12.8 Å². The van der Waals surface area contributed by atoms with Crippen LogP contribution in [0.3, 0.4) is 0 Å². The van der Waals surface area contributed by atoms with Gasteiger partial charge in [-0.25, -0.2) is 17.5 Å². The molecule has 0 aliphatic heterocycles. The van der Waals surface area contributed by atoms with Gasteiger partial charge < -0.3 is 0 Å². The molecule has 0 saturated carbocycles. The second-order valence-electron chi connectivity index (χ2n) is 4.48. The number of sulfonamides is 1. The van der Waals surface area contributed by atoms with Gasteiger partial charge in [-0.2, -0.15) is 5.21 Å². The van der Waals surface area contributed by atoms with Crippen LogP contribution in [-0.2, 0) is 10.0 Å². The topological polar surface area (TPSA) is 101 Å². The minimum atomic E-state index is -3.80. The molecule has 0 radical (unpaired) electrons. The fourth-order valence-electron chi connectivity index (χ4n) is 2.02. The van der Waals surface area contributed by atoms with Crippen LogP contribution in [0.4, 0.5) is 4.39 Å². The third-order valence-electron chi connectivity index (χ3n) is 2.77. The largest absolute Gasteiger partial charge is 0.241 e. The van der Waals surface area contributed by atoms with Crippen LogP contribution in [0.25, 0.3) is 0 Å². The first-order chi connectivity index (χ1) is 9.31. The average molecular weight is 299 g/mol. The second-order valence-corrected chi connectivity index (χ2v) is 6.13. The average Bonchev–Trinajstić information content (AvgIpc) is 2.78. The van der Waals surface area contributed by atoms with E-state index in [1.807, 2.05) is 0 Å². The Bertz CT molecular complexity index is 691. The number of benzene rings is 1. The number of hydrogen-bond acceptors (Lipinski definition) is 5. The zero-order chi connectivity index (χ0) is 14.9. The van der Waals surface area contributed by atoms with Crippen molar-refractivity contribution in [3.8, 4) is 0 Å². The van der Waals surface area contributed by atoms with E-state index in [0.717, 1.165) is 0 Å². The summed E-state index contributed by atoms with van der Waals surface area (Å²) >= 11 is 0. The summed E-state index contributed by atoms with van der Waals surface area (Å²) in [5.74, 6) is -0.240. The fourth-order valence-corrected chi connectivity index (χ4v) is 3.67. The van der Waals surface area contributed by atoms with Crippen LogP contribution in [0.2, 0.25) is 0 Å². The number of tetrazole rings is 1. The Hall–Kier alpha value is -1.87. The molecule has 1 heterocycles. The van der Waals surface area contributed by atoms with Gasteiger partial charge in [0.15, 0.2) is 5.82 Å². The first kappa shape index (κ1) is 14.5. The van der Waals surface area contributed by atoms with Gasteiger partial charge >= 0.3 is 0 Å². The molecule has 1 aromatic carbocycles. The van der Waals surface area contributed by atoms with Crippen LogP contribution in [0.1, 0.15) is 29.9 Å². The molecule has 0 fully saturated rings. The van der Waals surface area contributed by atoms with Gasteiger partial charge in [0.05, 0.1) is 10.9 Å². The molecule has 7 nitrogen and oxygen atoms in total. The lowest BCUT2D eigenvalue weighted by atomic mass is 10.1. The maximum atomic E-state index is 13.2. The van der Waals surface area contributed by atoms with E-state index in [1.54, 1.807) is 20.8 Å². The maximum absolute atomic E-state index is 13.2. The van der Waals surface area contributed by atoms with Crippen LogP contribution in [0, 0.1) is 19.7 Å². The van der Waals surface area contributed by atoms with Gasteiger partial charge in [-0.05, 0) is 44.0 Å². The Kier molecular flexibility index (Phi) is 3.82. The molecule has 0 amide bonds. The highest BCUT2D eigenvalue weighted by molar-refractivity contribution is 7.89. The summed E-state index contributed by atoms with van der Waals surface area (Å²) in [5, 5.41) is 13.1. The van der Waals surface area contributed by atoms with E-state index in [4.69, 9.17) is 0 Å². The highest BCUT2D eigenvalue weighted by Crippen LogP contribution is 2.22. The number of rotatable bonds is 4. The molecule has 1 aromatic heterocycles. The Morgan fingerprint density at radius 2 is 1.90 bits per heavy atom. The van der Waals surface area contributed by atoms with E-state index in [-0.39, 0.29) is 10.7 Å². The van der Waals surface area contributed by atoms with Crippen molar-refractivity contribution in [1.82, 2.24) is 25.3 Å². The van der Waals surface area contributed by atoms with Crippen molar-refractivity contribution >= 4 is 10.0 Å². The molecule has 2 rings (SSSR count). The molecular weight excluding hydrogens is 285 g/mol. The smallest absolute Gasteiger partial charge is 0.207 e. The fraction of sp³-hybridized carbons (Fsp3) is 0.364. The lowest BCUT2D eigenvalue weighted by molar-refractivity contribution is 0.558. The molecular formula is C11H14FN5O2S. The van der Waals surface area contributed by atoms with Crippen molar-refractivity contribution < 1.29 is 12.8 Å². The molecule has 1 unspecified atom stereocenters. The lowest BCUT2D eigenvalue weighted by Gasteiger charge is -2.14. The molecule has 0 aliphatic carbocycles. The number of nitrogens with zero attached hydrogens (tertiary/aromatic N) is 3. The minimum Gasteiger partial charge on any atom is -0.207 e. The summed E-state index contributed by atoms with van der Waals surface area (Å²) in [6.45, 7) is 4.68. The Balaban J connectivity index is 2.37. The summed E-state index contributed by atoms with van der Waals surface area (Å²) in [4.78, 5) is 0.0641. The van der Waals surface area contributed by atoms with Crippen LogP contribution in [-0.4, -0.2) is 29.0 Å². The normalized spacial score (nSPS) is 13.4. The van der Waals surface area contributed by atoms with Crippen LogP contribution < -0.4 is 4.72 Å². The Morgan fingerprint density at radius 1 is 1.30 bits per heavy atom. The van der Waals surface area contributed by atoms with E-state index >= 15 is 0 Å². The molecule has 1 atom stereocenters. The van der Waals surface area contributed by atoms with Crippen molar-refractivity contribution in [3.05, 3.63) is 34.9 Å². The van der Waals surface area contributed by atoms with Gasteiger partial charge in [0.2, 0.25) is 10.0 Å². The Labute approximate surface area is 115 Å². The summed E-state index contributed by atoms with van der Waals surface area (Å²) in [6.07, 6.45) is 0. The number of aromatic nitrogens is 4. The molecule has 0 aliphatic rings. The number of halogens is 1. The minimum absolute atomic E-state index is 0.0641. The zero-order valence-electron chi connectivity index (χ0n) is 11.2. The predicted octanol–water partition coefficient (Wildman–Crippen LogP) is 0.995. The zero-order valence-corrected chi connectivity index (χ0v) is 12.0. The number of aryl methyl sites for hydroxylation is 2. The molecule has 9 heteroatoms. The monoisotopic (exact) mass is 299 g/mol. The van der Waals surface area contributed by atoms with Gasteiger partial charge in [-0.3, -0.25) is 0 Å². The van der Waals surface area contributed by atoms with E-state index < -0.39 is 21.9 Å². The first-order valence-electron chi connectivity index (χ1n) is 5.83. The van der Waals surface area contributed by atoms with Crippen LogP contribution >= 0.6 is 0 Å². The van der Waals surface area contributed by atoms with Crippen molar-refractivity contribution in [2.75, 3.05) is 0 Å². The van der Waals surface area contributed by atoms with Gasteiger partial charge in [-0.1, -0.05) is 5.21 Å². The van der Waals surface area contributed by atoms with Gasteiger partial charge in [0.1, 0.15) is 5.82 Å². The number of aromatic amines is 1. The molecule has 2 N–H and O–H groups in total. The first-order valence-corrected chi connectivity index (χ1v) is 7.32. The van der Waals surface area contributed by atoms with Crippen molar-refractivity contribution in [1.29, 1.82) is 0 Å². The van der Waals surface area contributed by atoms with Crippen LogP contribution in [0.5, 0.6) is 0 Å². The van der Waals surface area contributed by atoms with E-state index in [2.05, 4.69) is 25.3 Å². The van der Waals surface area contributed by atoms with E-state index in [0.29, 0.717) is 11.1 Å². The summed E-state index contributed by atoms with van der Waals surface area (Å²) < 4.78 is 40.4. The molecule has 0 bridgehead atoms. The quantitative estimate of drug-likeness (QED) is 0.877. The van der Waals surface area contributed by atoms with E-state index in [1.165, 1.54) is 12.1 Å². The second kappa shape index (κ2) is 5.25. The van der Waals surface area contributed by atoms with Gasteiger partial charge in [0, 0.05) is 0 Å². The third-order valence-corrected chi connectivity index (χ3v) is 4.62. The predicted molar refractivity (Wildman–Crippen MR) is 68.8 cm³/mol. The highest BCUT2D eigenvalue weighted by Gasteiger charge is 2.24.